The summed E-state index contributed by atoms with van der Waals surface area (Å²) in [6, 6.07) is 5.90. The standard InChI is InChI=1S/C16H23ClN4O.HI/c1-18-16(19-7-3-9-22-2)20-8-6-12-11-21-15-5-4-13(17)10-14(12)15;/h4-5,10-11,21H,3,6-9H2,1-2H3,(H2,18,19,20);1H. The number of fused-ring (bicyclic) bond motifs is 1. The van der Waals surface area contributed by atoms with Gasteiger partial charge in [-0.25, -0.2) is 0 Å². The van der Waals surface area contributed by atoms with Crippen LogP contribution < -0.4 is 10.6 Å². The molecule has 0 amide bonds. The molecule has 2 rings (SSSR count). The Morgan fingerprint density at radius 3 is 2.83 bits per heavy atom. The number of halogens is 2. The average molecular weight is 451 g/mol. The van der Waals surface area contributed by atoms with Gasteiger partial charge >= 0.3 is 0 Å². The lowest BCUT2D eigenvalue weighted by Gasteiger charge is -2.11. The normalized spacial score (nSPS) is 11.3. The van der Waals surface area contributed by atoms with Gasteiger partial charge in [-0.05, 0) is 36.6 Å². The first kappa shape index (κ1) is 20.1. The van der Waals surface area contributed by atoms with E-state index in [2.05, 4.69) is 20.6 Å². The van der Waals surface area contributed by atoms with Crippen LogP contribution in [0.4, 0.5) is 0 Å². The van der Waals surface area contributed by atoms with Gasteiger partial charge in [0.15, 0.2) is 5.96 Å². The van der Waals surface area contributed by atoms with Crippen molar-refractivity contribution in [1.82, 2.24) is 15.6 Å². The lowest BCUT2D eigenvalue weighted by atomic mass is 10.1. The van der Waals surface area contributed by atoms with Crippen molar-refractivity contribution < 1.29 is 4.74 Å². The quantitative estimate of drug-likeness (QED) is 0.263. The predicted octanol–water partition coefficient (Wildman–Crippen LogP) is 3.18. The van der Waals surface area contributed by atoms with E-state index in [9.17, 15) is 0 Å². The number of aromatic nitrogens is 1. The van der Waals surface area contributed by atoms with E-state index in [0.29, 0.717) is 0 Å². The fraction of sp³-hybridized carbons (Fsp3) is 0.438. The van der Waals surface area contributed by atoms with Gasteiger partial charge < -0.3 is 20.4 Å². The van der Waals surface area contributed by atoms with Crippen LogP contribution in [0.25, 0.3) is 10.9 Å². The number of rotatable bonds is 7. The zero-order valence-electron chi connectivity index (χ0n) is 13.5. The van der Waals surface area contributed by atoms with Gasteiger partial charge in [0, 0.05) is 56.0 Å². The summed E-state index contributed by atoms with van der Waals surface area (Å²) in [6.07, 6.45) is 3.90. The third-order valence-corrected chi connectivity index (χ3v) is 3.69. The maximum absolute atomic E-state index is 6.07. The lowest BCUT2D eigenvalue weighted by Crippen LogP contribution is -2.38. The maximum atomic E-state index is 6.07. The molecule has 7 heteroatoms. The van der Waals surface area contributed by atoms with Crippen LogP contribution >= 0.6 is 35.6 Å². The molecule has 23 heavy (non-hydrogen) atoms. The van der Waals surface area contributed by atoms with Gasteiger partial charge in [-0.15, -0.1) is 24.0 Å². The van der Waals surface area contributed by atoms with Crippen molar-refractivity contribution in [2.24, 2.45) is 4.99 Å². The minimum Gasteiger partial charge on any atom is -0.385 e. The summed E-state index contributed by atoms with van der Waals surface area (Å²) in [5, 5.41) is 8.51. The molecule has 0 spiro atoms. The molecule has 128 valence electrons. The first-order valence-corrected chi connectivity index (χ1v) is 7.81. The van der Waals surface area contributed by atoms with Crippen molar-refractivity contribution in [1.29, 1.82) is 0 Å². The van der Waals surface area contributed by atoms with Gasteiger partial charge in [0.1, 0.15) is 0 Å². The van der Waals surface area contributed by atoms with E-state index in [4.69, 9.17) is 16.3 Å². The summed E-state index contributed by atoms with van der Waals surface area (Å²) >= 11 is 6.07. The molecule has 0 aliphatic heterocycles. The molecule has 2 aromatic rings. The maximum Gasteiger partial charge on any atom is 0.190 e. The van der Waals surface area contributed by atoms with Crippen LogP contribution in [0.1, 0.15) is 12.0 Å². The highest BCUT2D eigenvalue weighted by molar-refractivity contribution is 14.0. The molecule has 0 saturated heterocycles. The van der Waals surface area contributed by atoms with E-state index in [1.165, 1.54) is 10.9 Å². The molecule has 0 unspecified atom stereocenters. The minimum absolute atomic E-state index is 0. The van der Waals surface area contributed by atoms with Gasteiger partial charge in [-0.2, -0.15) is 0 Å². The van der Waals surface area contributed by atoms with Gasteiger partial charge in [-0.3, -0.25) is 4.99 Å². The molecular weight excluding hydrogens is 427 g/mol. The van der Waals surface area contributed by atoms with Crippen molar-refractivity contribution >= 4 is 52.4 Å². The van der Waals surface area contributed by atoms with Gasteiger partial charge in [0.25, 0.3) is 0 Å². The number of nitrogens with zero attached hydrogens (tertiary/aromatic N) is 1. The van der Waals surface area contributed by atoms with E-state index in [1.807, 2.05) is 24.4 Å². The molecule has 3 N–H and O–H groups in total. The largest absolute Gasteiger partial charge is 0.385 e. The van der Waals surface area contributed by atoms with E-state index < -0.39 is 0 Å². The fourth-order valence-electron chi connectivity index (χ4n) is 2.32. The molecule has 0 atom stereocenters. The van der Waals surface area contributed by atoms with Crippen molar-refractivity contribution in [2.75, 3.05) is 33.9 Å². The van der Waals surface area contributed by atoms with Crippen LogP contribution in [0.15, 0.2) is 29.4 Å². The molecule has 1 aromatic carbocycles. The van der Waals surface area contributed by atoms with Crippen LogP contribution in [0.2, 0.25) is 5.02 Å². The zero-order valence-corrected chi connectivity index (χ0v) is 16.6. The Morgan fingerprint density at radius 2 is 2.09 bits per heavy atom. The Balaban J connectivity index is 0.00000264. The average Bonchev–Trinajstić information content (AvgIpc) is 2.92. The van der Waals surface area contributed by atoms with Gasteiger partial charge in [-0.1, -0.05) is 11.6 Å². The highest BCUT2D eigenvalue weighted by Crippen LogP contribution is 2.22. The molecule has 1 aromatic heterocycles. The Labute approximate surface area is 159 Å². The van der Waals surface area contributed by atoms with Crippen LogP contribution in [-0.2, 0) is 11.2 Å². The second-order valence-electron chi connectivity index (χ2n) is 5.03. The van der Waals surface area contributed by atoms with E-state index in [-0.39, 0.29) is 24.0 Å². The Bertz CT molecular complexity index is 630. The topological polar surface area (TPSA) is 61.4 Å². The molecule has 0 fully saturated rings. The molecule has 0 saturated carbocycles. The molecule has 0 radical (unpaired) electrons. The summed E-state index contributed by atoms with van der Waals surface area (Å²) < 4.78 is 5.02. The number of ether oxygens (including phenoxy) is 1. The van der Waals surface area contributed by atoms with Gasteiger partial charge in [0.2, 0.25) is 0 Å². The van der Waals surface area contributed by atoms with E-state index in [0.717, 1.165) is 49.0 Å². The molecule has 1 heterocycles. The first-order valence-electron chi connectivity index (χ1n) is 7.43. The summed E-state index contributed by atoms with van der Waals surface area (Å²) in [4.78, 5) is 7.48. The third-order valence-electron chi connectivity index (χ3n) is 3.46. The second kappa shape index (κ2) is 10.7. The number of hydrogen-bond acceptors (Lipinski definition) is 2. The number of methoxy groups -OCH3 is 1. The van der Waals surface area contributed by atoms with Crippen molar-refractivity contribution in [3.63, 3.8) is 0 Å². The highest BCUT2D eigenvalue weighted by Gasteiger charge is 2.04. The third kappa shape index (κ3) is 6.19. The monoisotopic (exact) mass is 450 g/mol. The first-order chi connectivity index (χ1) is 10.7. The molecule has 5 nitrogen and oxygen atoms in total. The van der Waals surface area contributed by atoms with Crippen molar-refractivity contribution in [2.45, 2.75) is 12.8 Å². The number of guanidine groups is 1. The number of H-pyrrole nitrogens is 1. The van der Waals surface area contributed by atoms with Crippen LogP contribution in [0, 0.1) is 0 Å². The summed E-state index contributed by atoms with van der Waals surface area (Å²) in [7, 11) is 3.48. The highest BCUT2D eigenvalue weighted by atomic mass is 127. The zero-order chi connectivity index (χ0) is 15.8. The van der Waals surface area contributed by atoms with E-state index in [1.54, 1.807) is 14.2 Å². The van der Waals surface area contributed by atoms with Crippen LogP contribution in [0.5, 0.6) is 0 Å². The number of aromatic amines is 1. The number of aliphatic imine (C=N–C) groups is 1. The summed E-state index contributed by atoms with van der Waals surface area (Å²) in [5.41, 5.74) is 2.36. The smallest absolute Gasteiger partial charge is 0.190 e. The summed E-state index contributed by atoms with van der Waals surface area (Å²) in [6.45, 7) is 2.40. The van der Waals surface area contributed by atoms with E-state index >= 15 is 0 Å². The van der Waals surface area contributed by atoms with Crippen molar-refractivity contribution in [3.05, 3.63) is 35.0 Å². The van der Waals surface area contributed by atoms with Crippen LogP contribution in [-0.4, -0.2) is 44.8 Å². The predicted molar refractivity (Wildman–Crippen MR) is 108 cm³/mol. The Kier molecular flexibility index (Phi) is 9.35. The lowest BCUT2D eigenvalue weighted by molar-refractivity contribution is 0.195. The second-order valence-corrected chi connectivity index (χ2v) is 5.46. The number of nitrogens with one attached hydrogen (secondary N) is 3. The number of benzene rings is 1. The molecular formula is C16H24ClIN4O. The Morgan fingerprint density at radius 1 is 1.30 bits per heavy atom. The Hall–Kier alpha value is -0.990. The molecule has 0 aliphatic carbocycles. The SMILES string of the molecule is CN=C(NCCCOC)NCCc1c[nH]c2ccc(Cl)cc12.I. The fourth-order valence-corrected chi connectivity index (χ4v) is 2.49. The van der Waals surface area contributed by atoms with Crippen molar-refractivity contribution in [3.8, 4) is 0 Å². The molecule has 0 aliphatic rings. The van der Waals surface area contributed by atoms with Gasteiger partial charge in [0.05, 0.1) is 0 Å². The number of hydrogen-bond donors (Lipinski definition) is 3. The summed E-state index contributed by atoms with van der Waals surface area (Å²) in [5.74, 6) is 0.814. The van der Waals surface area contributed by atoms with Crippen LogP contribution in [0.3, 0.4) is 0 Å². The molecule has 0 bridgehead atoms. The minimum atomic E-state index is 0.